The number of rotatable bonds is 1. The molecule has 72 valence electrons. The smallest absolute Gasteiger partial charge is 0.00960 e. The third-order valence-electron chi connectivity index (χ3n) is 3.83. The van der Waals surface area contributed by atoms with Gasteiger partial charge in [-0.15, -0.1) is 0 Å². The Bertz CT molecular complexity index is 142. The first kappa shape index (κ1) is 10.0. The molecule has 0 aromatic carbocycles. The second-order valence-corrected chi connectivity index (χ2v) is 4.50. The molecule has 5 atom stereocenters. The highest BCUT2D eigenvalue weighted by Crippen LogP contribution is 2.35. The predicted molar refractivity (Wildman–Crippen MR) is 52.6 cm³/mol. The Hall–Kier alpha value is -0.0800. The van der Waals surface area contributed by atoms with Crippen molar-refractivity contribution in [3.8, 4) is 0 Å². The van der Waals surface area contributed by atoms with Crippen molar-refractivity contribution in [2.45, 2.75) is 33.2 Å². The van der Waals surface area contributed by atoms with Crippen LogP contribution in [0.4, 0.5) is 0 Å². The molecule has 1 fully saturated rings. The van der Waals surface area contributed by atoms with Gasteiger partial charge in [0.05, 0.1) is 0 Å². The summed E-state index contributed by atoms with van der Waals surface area (Å²) in [6, 6.07) is 0.349. The van der Waals surface area contributed by atoms with E-state index in [1.54, 1.807) is 0 Å². The minimum atomic E-state index is 0.349. The van der Waals surface area contributed by atoms with Crippen LogP contribution in [0.2, 0.25) is 0 Å². The van der Waals surface area contributed by atoms with E-state index in [0.717, 1.165) is 12.5 Å². The van der Waals surface area contributed by atoms with Gasteiger partial charge < -0.3 is 11.5 Å². The predicted octanol–water partition coefficient (Wildman–Crippen LogP) is 1.20. The van der Waals surface area contributed by atoms with Gasteiger partial charge in [0.25, 0.3) is 0 Å². The molecule has 0 aromatic rings. The molecule has 1 saturated carbocycles. The van der Waals surface area contributed by atoms with E-state index in [1.807, 2.05) is 0 Å². The van der Waals surface area contributed by atoms with E-state index in [-0.39, 0.29) is 0 Å². The molecule has 5 unspecified atom stereocenters. The van der Waals surface area contributed by atoms with Crippen LogP contribution in [0.1, 0.15) is 27.2 Å². The topological polar surface area (TPSA) is 52.0 Å². The first-order valence-electron chi connectivity index (χ1n) is 5.03. The Morgan fingerprint density at radius 1 is 1.17 bits per heavy atom. The van der Waals surface area contributed by atoms with Crippen molar-refractivity contribution in [2.24, 2.45) is 35.1 Å². The zero-order chi connectivity index (χ0) is 9.30. The Morgan fingerprint density at radius 3 is 2.25 bits per heavy atom. The van der Waals surface area contributed by atoms with E-state index in [1.165, 1.54) is 6.42 Å². The first-order chi connectivity index (χ1) is 5.57. The van der Waals surface area contributed by atoms with Crippen molar-refractivity contribution in [3.05, 3.63) is 0 Å². The molecule has 0 heterocycles. The highest BCUT2D eigenvalue weighted by Gasteiger charge is 2.35. The van der Waals surface area contributed by atoms with Crippen molar-refractivity contribution in [2.75, 3.05) is 6.54 Å². The van der Waals surface area contributed by atoms with Crippen LogP contribution in [0.5, 0.6) is 0 Å². The molecular weight excluding hydrogens is 148 g/mol. The van der Waals surface area contributed by atoms with Crippen LogP contribution in [0.25, 0.3) is 0 Å². The second kappa shape index (κ2) is 3.75. The lowest BCUT2D eigenvalue weighted by atomic mass is 9.67. The Balaban J connectivity index is 2.63. The average Bonchev–Trinajstić information content (AvgIpc) is 2.08. The molecule has 2 heteroatoms. The standard InChI is InChI=1S/C10H22N2/c1-6-4-9(5-11)8(3)10(12)7(6)2/h6-10H,4-5,11-12H2,1-3H3. The molecule has 0 bridgehead atoms. The molecule has 2 nitrogen and oxygen atoms in total. The van der Waals surface area contributed by atoms with Crippen LogP contribution < -0.4 is 11.5 Å². The highest BCUT2D eigenvalue weighted by molar-refractivity contribution is 4.89. The van der Waals surface area contributed by atoms with E-state index in [9.17, 15) is 0 Å². The molecule has 0 amide bonds. The molecule has 0 spiro atoms. The van der Waals surface area contributed by atoms with E-state index < -0.39 is 0 Å². The molecule has 4 N–H and O–H groups in total. The molecule has 1 aliphatic carbocycles. The lowest BCUT2D eigenvalue weighted by Gasteiger charge is -2.41. The van der Waals surface area contributed by atoms with Crippen LogP contribution >= 0.6 is 0 Å². The summed E-state index contributed by atoms with van der Waals surface area (Å²) in [4.78, 5) is 0. The van der Waals surface area contributed by atoms with Gasteiger partial charge in [0.2, 0.25) is 0 Å². The summed E-state index contributed by atoms with van der Waals surface area (Å²) in [7, 11) is 0. The van der Waals surface area contributed by atoms with Crippen molar-refractivity contribution >= 4 is 0 Å². The maximum Gasteiger partial charge on any atom is 0.00960 e. The van der Waals surface area contributed by atoms with Gasteiger partial charge in [-0.25, -0.2) is 0 Å². The van der Waals surface area contributed by atoms with Gasteiger partial charge in [-0.3, -0.25) is 0 Å². The fraction of sp³-hybridized carbons (Fsp3) is 1.00. The van der Waals surface area contributed by atoms with Gasteiger partial charge in [0.1, 0.15) is 0 Å². The molecule has 12 heavy (non-hydrogen) atoms. The first-order valence-corrected chi connectivity index (χ1v) is 5.03. The number of hydrogen-bond donors (Lipinski definition) is 2. The quantitative estimate of drug-likeness (QED) is 0.621. The fourth-order valence-electron chi connectivity index (χ4n) is 2.39. The maximum atomic E-state index is 6.12. The minimum Gasteiger partial charge on any atom is -0.330 e. The third-order valence-corrected chi connectivity index (χ3v) is 3.83. The summed E-state index contributed by atoms with van der Waals surface area (Å²) >= 11 is 0. The monoisotopic (exact) mass is 170 g/mol. The van der Waals surface area contributed by atoms with Crippen LogP contribution in [0.3, 0.4) is 0 Å². The van der Waals surface area contributed by atoms with E-state index >= 15 is 0 Å². The molecule has 1 rings (SSSR count). The zero-order valence-electron chi connectivity index (χ0n) is 8.46. The SMILES string of the molecule is CC1CC(CN)C(C)C(N)C1C. The summed E-state index contributed by atoms with van der Waals surface area (Å²) in [5.41, 5.74) is 11.8. The van der Waals surface area contributed by atoms with Crippen LogP contribution in [-0.4, -0.2) is 12.6 Å². The maximum absolute atomic E-state index is 6.12. The van der Waals surface area contributed by atoms with Crippen molar-refractivity contribution in [1.82, 2.24) is 0 Å². The van der Waals surface area contributed by atoms with Crippen molar-refractivity contribution in [3.63, 3.8) is 0 Å². The van der Waals surface area contributed by atoms with Crippen molar-refractivity contribution < 1.29 is 0 Å². The van der Waals surface area contributed by atoms with E-state index in [2.05, 4.69) is 20.8 Å². The van der Waals surface area contributed by atoms with Crippen LogP contribution in [0, 0.1) is 23.7 Å². The molecule has 0 radical (unpaired) electrons. The van der Waals surface area contributed by atoms with Crippen LogP contribution in [-0.2, 0) is 0 Å². The Labute approximate surface area is 75.7 Å². The van der Waals surface area contributed by atoms with E-state index in [4.69, 9.17) is 11.5 Å². The Kier molecular flexibility index (Phi) is 3.13. The Morgan fingerprint density at radius 2 is 1.75 bits per heavy atom. The van der Waals surface area contributed by atoms with Gasteiger partial charge in [0.15, 0.2) is 0 Å². The van der Waals surface area contributed by atoms with E-state index in [0.29, 0.717) is 23.8 Å². The largest absolute Gasteiger partial charge is 0.330 e. The van der Waals surface area contributed by atoms with Gasteiger partial charge in [-0.1, -0.05) is 20.8 Å². The highest BCUT2D eigenvalue weighted by atomic mass is 14.7. The second-order valence-electron chi connectivity index (χ2n) is 4.50. The molecule has 0 saturated heterocycles. The minimum absolute atomic E-state index is 0.349. The molecule has 1 aliphatic rings. The summed E-state index contributed by atoms with van der Waals surface area (Å²) in [6.07, 6.45) is 1.26. The van der Waals surface area contributed by atoms with Gasteiger partial charge in [-0.05, 0) is 36.6 Å². The number of hydrogen-bond acceptors (Lipinski definition) is 2. The average molecular weight is 170 g/mol. The lowest BCUT2D eigenvalue weighted by Crippen LogP contribution is -2.48. The van der Waals surface area contributed by atoms with Crippen LogP contribution in [0.15, 0.2) is 0 Å². The van der Waals surface area contributed by atoms with Gasteiger partial charge in [0, 0.05) is 6.04 Å². The zero-order valence-corrected chi connectivity index (χ0v) is 8.46. The third kappa shape index (κ3) is 1.64. The van der Waals surface area contributed by atoms with Gasteiger partial charge in [-0.2, -0.15) is 0 Å². The normalized spacial score (nSPS) is 49.2. The summed E-state index contributed by atoms with van der Waals surface area (Å²) in [6.45, 7) is 7.59. The molecule has 0 aromatic heterocycles. The summed E-state index contributed by atoms with van der Waals surface area (Å²) in [5, 5.41) is 0. The summed E-state index contributed by atoms with van der Waals surface area (Å²) in [5.74, 6) is 2.64. The van der Waals surface area contributed by atoms with Gasteiger partial charge >= 0.3 is 0 Å². The lowest BCUT2D eigenvalue weighted by molar-refractivity contribution is 0.119. The fourth-order valence-corrected chi connectivity index (χ4v) is 2.39. The molecule has 0 aliphatic heterocycles. The van der Waals surface area contributed by atoms with Crippen molar-refractivity contribution in [1.29, 1.82) is 0 Å². The summed E-state index contributed by atoms with van der Waals surface area (Å²) < 4.78 is 0. The number of nitrogens with two attached hydrogens (primary N) is 2. The molecular formula is C10H22N2.